The van der Waals surface area contributed by atoms with E-state index in [-0.39, 0.29) is 0 Å². The second kappa shape index (κ2) is 4.30. The summed E-state index contributed by atoms with van der Waals surface area (Å²) in [5, 5.41) is 0. The third-order valence-electron chi connectivity index (χ3n) is 0.931. The lowest BCUT2D eigenvalue weighted by atomic mass is 10.5. The molecule has 0 aliphatic carbocycles. The van der Waals surface area contributed by atoms with Crippen molar-refractivity contribution in [3.8, 4) is 0 Å². The highest BCUT2D eigenvalue weighted by Crippen LogP contribution is 1.79. The zero-order valence-electron chi connectivity index (χ0n) is 5.19. The number of hydroxylamine groups is 1. The van der Waals surface area contributed by atoms with Gasteiger partial charge in [-0.2, -0.15) is 0 Å². The molecule has 44 valence electrons. The predicted molar refractivity (Wildman–Crippen MR) is 34.2 cm³/mol. The fraction of sp³-hybridized carbons (Fsp3) is 1.00. The number of rotatable bonds is 3. The molecule has 0 aliphatic heterocycles. The summed E-state index contributed by atoms with van der Waals surface area (Å²) >= 11 is 0. The molecule has 0 rings (SSSR count). The molecule has 0 aromatic carbocycles. The third kappa shape index (κ3) is 3.98. The summed E-state index contributed by atoms with van der Waals surface area (Å²) < 4.78 is 0. The van der Waals surface area contributed by atoms with Gasteiger partial charge >= 0.3 is 0 Å². The topological polar surface area (TPSA) is 21.3 Å². The molecule has 0 saturated heterocycles. The van der Waals surface area contributed by atoms with E-state index in [1.807, 2.05) is 0 Å². The van der Waals surface area contributed by atoms with Crippen molar-refractivity contribution in [3.05, 3.63) is 0 Å². The average molecular weight is 119 g/mol. The van der Waals surface area contributed by atoms with Crippen molar-refractivity contribution >= 4 is 10.2 Å². The Bertz CT molecular complexity index is 42.7. The molecule has 0 aromatic heterocycles. The Balaban J connectivity index is 2.83. The molecule has 0 bridgehead atoms. The van der Waals surface area contributed by atoms with Gasteiger partial charge in [-0.05, 0) is 6.42 Å². The van der Waals surface area contributed by atoms with Gasteiger partial charge in [-0.15, -0.1) is 0 Å². The SMILES string of the molecule is CCC([SiH3])NOC. The normalized spacial score (nSPS) is 14.6. The van der Waals surface area contributed by atoms with Crippen LogP contribution in [0.1, 0.15) is 13.3 Å². The second-order valence-corrected chi connectivity index (χ2v) is 3.03. The summed E-state index contributed by atoms with van der Waals surface area (Å²) in [6, 6.07) is 0. The molecule has 0 heterocycles. The van der Waals surface area contributed by atoms with Crippen molar-refractivity contribution in [3.63, 3.8) is 0 Å². The van der Waals surface area contributed by atoms with Crippen LogP contribution in [0.15, 0.2) is 0 Å². The quantitative estimate of drug-likeness (QED) is 0.389. The van der Waals surface area contributed by atoms with Crippen LogP contribution in [0.3, 0.4) is 0 Å². The summed E-state index contributed by atoms with van der Waals surface area (Å²) in [6.07, 6.45) is 1.17. The van der Waals surface area contributed by atoms with Crippen LogP contribution in [0.5, 0.6) is 0 Å². The first-order chi connectivity index (χ1) is 3.31. The Morgan fingerprint density at radius 1 is 1.86 bits per heavy atom. The van der Waals surface area contributed by atoms with Gasteiger partial charge in [-0.3, -0.25) is 0 Å². The smallest absolute Gasteiger partial charge is 0.0572 e. The van der Waals surface area contributed by atoms with Crippen LogP contribution in [0.2, 0.25) is 0 Å². The van der Waals surface area contributed by atoms with Crippen molar-refractivity contribution in [1.29, 1.82) is 0 Å². The summed E-state index contributed by atoms with van der Waals surface area (Å²) in [5.74, 6) is 0. The van der Waals surface area contributed by atoms with E-state index in [4.69, 9.17) is 0 Å². The molecular weight excluding hydrogens is 106 g/mol. The number of hydrogen-bond donors (Lipinski definition) is 1. The molecule has 1 unspecified atom stereocenters. The zero-order valence-corrected chi connectivity index (χ0v) is 7.19. The standard InChI is InChI=1S/C4H13NOSi/c1-3-4(7)5-6-2/h4-5H,3H2,1-2,7H3. The Hall–Kier alpha value is 0.137. The van der Waals surface area contributed by atoms with E-state index in [0.717, 1.165) is 10.2 Å². The van der Waals surface area contributed by atoms with Crippen LogP contribution >= 0.6 is 0 Å². The summed E-state index contributed by atoms with van der Waals surface area (Å²) in [5.41, 5.74) is 3.47. The molecule has 0 spiro atoms. The van der Waals surface area contributed by atoms with Crippen molar-refractivity contribution in [2.24, 2.45) is 0 Å². The molecule has 0 amide bonds. The second-order valence-electron chi connectivity index (χ2n) is 1.63. The molecule has 0 radical (unpaired) electrons. The molecule has 1 N–H and O–H groups in total. The average Bonchev–Trinajstić information content (AvgIpc) is 1.68. The molecule has 0 aromatic rings. The third-order valence-corrected chi connectivity index (χ3v) is 1.98. The summed E-state index contributed by atoms with van der Waals surface area (Å²) in [7, 11) is 2.82. The van der Waals surface area contributed by atoms with Crippen molar-refractivity contribution in [2.45, 2.75) is 19.0 Å². The van der Waals surface area contributed by atoms with E-state index < -0.39 is 0 Å². The lowest BCUT2D eigenvalue weighted by Gasteiger charge is -2.06. The minimum absolute atomic E-state index is 0.616. The highest BCUT2D eigenvalue weighted by molar-refractivity contribution is 6.11. The van der Waals surface area contributed by atoms with Crippen molar-refractivity contribution < 1.29 is 4.84 Å². The minimum atomic E-state index is 0.616. The van der Waals surface area contributed by atoms with E-state index in [9.17, 15) is 0 Å². The van der Waals surface area contributed by atoms with Gasteiger partial charge < -0.3 is 4.84 Å². The van der Waals surface area contributed by atoms with Crippen molar-refractivity contribution in [2.75, 3.05) is 7.11 Å². The van der Waals surface area contributed by atoms with E-state index in [1.165, 1.54) is 6.42 Å². The van der Waals surface area contributed by atoms with Gasteiger partial charge in [0.2, 0.25) is 0 Å². The van der Waals surface area contributed by atoms with Crippen LogP contribution in [0, 0.1) is 0 Å². The van der Waals surface area contributed by atoms with Gasteiger partial charge in [0.15, 0.2) is 0 Å². The molecule has 7 heavy (non-hydrogen) atoms. The van der Waals surface area contributed by atoms with Gasteiger partial charge in [-0.25, -0.2) is 5.48 Å². The summed E-state index contributed by atoms with van der Waals surface area (Å²) in [4.78, 5) is 4.68. The Kier molecular flexibility index (Phi) is 4.38. The Labute approximate surface area is 47.6 Å². The highest BCUT2D eigenvalue weighted by atomic mass is 28.1. The predicted octanol–water partition coefficient (Wildman–Crippen LogP) is -0.761. The van der Waals surface area contributed by atoms with Crippen LogP contribution < -0.4 is 5.48 Å². The lowest BCUT2D eigenvalue weighted by Crippen LogP contribution is -2.26. The number of nitrogens with one attached hydrogen (secondary N) is 1. The maximum atomic E-state index is 4.68. The van der Waals surface area contributed by atoms with Crippen LogP contribution in [-0.2, 0) is 4.84 Å². The number of hydrogen-bond acceptors (Lipinski definition) is 2. The van der Waals surface area contributed by atoms with Gasteiger partial charge in [0.1, 0.15) is 0 Å². The van der Waals surface area contributed by atoms with Crippen LogP contribution in [0.4, 0.5) is 0 Å². The first-order valence-electron chi connectivity index (χ1n) is 2.59. The monoisotopic (exact) mass is 119 g/mol. The van der Waals surface area contributed by atoms with Crippen molar-refractivity contribution in [1.82, 2.24) is 5.48 Å². The van der Waals surface area contributed by atoms with E-state index >= 15 is 0 Å². The van der Waals surface area contributed by atoms with E-state index in [1.54, 1.807) is 7.11 Å². The molecule has 0 saturated carbocycles. The van der Waals surface area contributed by atoms with Gasteiger partial charge in [0.05, 0.1) is 7.11 Å². The Morgan fingerprint density at radius 3 is 2.57 bits per heavy atom. The minimum Gasteiger partial charge on any atom is -0.305 e. The molecule has 2 nitrogen and oxygen atoms in total. The van der Waals surface area contributed by atoms with Gasteiger partial charge in [0, 0.05) is 15.9 Å². The fourth-order valence-electron chi connectivity index (χ4n) is 0.285. The summed E-state index contributed by atoms with van der Waals surface area (Å²) in [6.45, 7) is 2.14. The molecule has 0 aliphatic rings. The van der Waals surface area contributed by atoms with E-state index in [2.05, 4.69) is 17.2 Å². The highest BCUT2D eigenvalue weighted by Gasteiger charge is 1.91. The largest absolute Gasteiger partial charge is 0.305 e. The maximum Gasteiger partial charge on any atom is 0.0572 e. The molecule has 0 fully saturated rings. The van der Waals surface area contributed by atoms with Crippen LogP contribution in [0.25, 0.3) is 0 Å². The molecular formula is C4H13NOSi. The molecule has 3 heteroatoms. The van der Waals surface area contributed by atoms with Crippen LogP contribution in [-0.4, -0.2) is 23.0 Å². The first-order valence-corrected chi connectivity index (χ1v) is 3.75. The maximum absolute atomic E-state index is 4.68. The molecule has 1 atom stereocenters. The van der Waals surface area contributed by atoms with Gasteiger partial charge in [-0.1, -0.05) is 6.92 Å². The fourth-order valence-corrected chi connectivity index (χ4v) is 0.520. The van der Waals surface area contributed by atoms with E-state index in [0.29, 0.717) is 5.67 Å². The van der Waals surface area contributed by atoms with Gasteiger partial charge in [0.25, 0.3) is 0 Å². The Morgan fingerprint density at radius 2 is 2.43 bits per heavy atom. The zero-order chi connectivity index (χ0) is 5.70. The first kappa shape index (κ1) is 7.14. The lowest BCUT2D eigenvalue weighted by molar-refractivity contribution is 0.0811.